The molecule has 1 aliphatic rings. The summed E-state index contributed by atoms with van der Waals surface area (Å²) < 4.78 is 28.7. The molecule has 0 saturated heterocycles. The molecule has 1 aromatic carbocycles. The maximum absolute atomic E-state index is 12.1. The van der Waals surface area contributed by atoms with Gasteiger partial charge in [-0.05, 0) is 30.2 Å². The summed E-state index contributed by atoms with van der Waals surface area (Å²) in [5.41, 5.74) is 1.82. The maximum atomic E-state index is 12.1. The Hall–Kier alpha value is -1.65. The number of benzene rings is 1. The van der Waals surface area contributed by atoms with Gasteiger partial charge in [-0.25, -0.2) is 0 Å². The first-order valence-corrected chi connectivity index (χ1v) is 5.46. The third kappa shape index (κ3) is 3.41. The van der Waals surface area contributed by atoms with Crippen LogP contribution < -0.4 is 10.1 Å². The van der Waals surface area contributed by atoms with Crippen LogP contribution in [-0.4, -0.2) is 25.5 Å². The number of nitrogens with one attached hydrogen (secondary N) is 1. The minimum absolute atomic E-state index is 0.202. The van der Waals surface area contributed by atoms with E-state index in [1.165, 1.54) is 0 Å². The molecule has 0 aliphatic carbocycles. The predicted molar refractivity (Wildman–Crippen MR) is 61.8 cm³/mol. The van der Waals surface area contributed by atoms with E-state index in [1.807, 2.05) is 13.0 Å². The van der Waals surface area contributed by atoms with Gasteiger partial charge in [-0.2, -0.15) is 8.78 Å². The van der Waals surface area contributed by atoms with Gasteiger partial charge in [0.25, 0.3) is 0 Å². The van der Waals surface area contributed by atoms with Crippen LogP contribution in [0.5, 0.6) is 5.75 Å². The van der Waals surface area contributed by atoms with E-state index >= 15 is 0 Å². The van der Waals surface area contributed by atoms with E-state index in [-0.39, 0.29) is 5.75 Å². The zero-order chi connectivity index (χ0) is 12.3. The number of alkyl halides is 2. The van der Waals surface area contributed by atoms with Crippen LogP contribution in [0.2, 0.25) is 0 Å². The molecule has 0 bridgehead atoms. The van der Waals surface area contributed by atoms with Crippen LogP contribution in [0.25, 0.3) is 0 Å². The fraction of sp³-hybridized carbons (Fsp3) is 0.417. The van der Waals surface area contributed by atoms with Crippen LogP contribution in [0, 0.1) is 6.92 Å². The lowest BCUT2D eigenvalue weighted by molar-refractivity contribution is -0.0498. The number of aryl methyl sites for hydroxylation is 1. The molecule has 0 unspecified atom stereocenters. The van der Waals surface area contributed by atoms with Crippen molar-refractivity contribution in [2.45, 2.75) is 20.0 Å². The number of rotatable bonds is 4. The van der Waals surface area contributed by atoms with E-state index in [4.69, 9.17) is 0 Å². The Morgan fingerprint density at radius 2 is 2.24 bits per heavy atom. The Labute approximate surface area is 98.5 Å². The van der Waals surface area contributed by atoms with Crippen molar-refractivity contribution in [3.8, 4) is 5.75 Å². The second-order valence-electron chi connectivity index (χ2n) is 3.96. The first kappa shape index (κ1) is 11.8. The van der Waals surface area contributed by atoms with Crippen LogP contribution in [0.15, 0.2) is 23.2 Å². The Bertz CT molecular complexity index is 433. The molecular formula is C12H14F2N2O. The predicted octanol–water partition coefficient (Wildman–Crippen LogP) is 2.14. The molecule has 1 N–H and O–H groups in total. The number of aliphatic imine (C=N–C) groups is 1. The summed E-state index contributed by atoms with van der Waals surface area (Å²) in [6, 6.07) is 5.17. The van der Waals surface area contributed by atoms with Crippen LogP contribution >= 0.6 is 0 Å². The highest BCUT2D eigenvalue weighted by molar-refractivity contribution is 5.85. The number of halogens is 2. The molecule has 0 spiro atoms. The van der Waals surface area contributed by atoms with Crippen molar-refractivity contribution in [1.29, 1.82) is 0 Å². The van der Waals surface area contributed by atoms with Gasteiger partial charge in [0.05, 0.1) is 6.54 Å². The van der Waals surface area contributed by atoms with Gasteiger partial charge in [0, 0.05) is 13.0 Å². The van der Waals surface area contributed by atoms with Crippen LogP contribution in [-0.2, 0) is 6.42 Å². The molecule has 17 heavy (non-hydrogen) atoms. The highest BCUT2D eigenvalue weighted by atomic mass is 19.3. The van der Waals surface area contributed by atoms with Crippen molar-refractivity contribution in [2.24, 2.45) is 4.99 Å². The summed E-state index contributed by atoms with van der Waals surface area (Å²) in [5, 5.41) is 3.15. The molecule has 0 saturated carbocycles. The summed E-state index contributed by atoms with van der Waals surface area (Å²) in [6.07, 6.45) is 0.626. The molecule has 0 atom stereocenters. The standard InChI is InChI=1S/C12H14F2N2O/c1-8-4-9(7-11-15-2-3-16-11)6-10(5-8)17-12(13)14/h4-6,12H,2-3,7H2,1H3,(H,15,16). The van der Waals surface area contributed by atoms with Gasteiger partial charge in [0.1, 0.15) is 11.6 Å². The van der Waals surface area contributed by atoms with E-state index in [1.54, 1.807) is 12.1 Å². The molecule has 3 nitrogen and oxygen atoms in total. The number of hydrogen-bond acceptors (Lipinski definition) is 3. The Kier molecular flexibility index (Phi) is 3.56. The molecule has 5 heteroatoms. The van der Waals surface area contributed by atoms with Gasteiger partial charge in [0.2, 0.25) is 0 Å². The summed E-state index contributed by atoms with van der Waals surface area (Å²) in [6.45, 7) is 0.695. The van der Waals surface area contributed by atoms with Gasteiger partial charge in [-0.1, -0.05) is 6.07 Å². The summed E-state index contributed by atoms with van der Waals surface area (Å²) in [5.74, 6) is 1.10. The normalized spacial score (nSPS) is 14.7. The molecule has 0 aromatic heterocycles. The quantitative estimate of drug-likeness (QED) is 0.874. The van der Waals surface area contributed by atoms with Crippen molar-refractivity contribution in [1.82, 2.24) is 5.32 Å². The third-order valence-electron chi connectivity index (χ3n) is 2.45. The van der Waals surface area contributed by atoms with Crippen LogP contribution in [0.1, 0.15) is 11.1 Å². The SMILES string of the molecule is Cc1cc(CC2=NCCN2)cc(OC(F)F)c1. The fourth-order valence-electron chi connectivity index (χ4n) is 1.86. The zero-order valence-corrected chi connectivity index (χ0v) is 9.54. The average molecular weight is 240 g/mol. The maximum Gasteiger partial charge on any atom is 0.387 e. The number of hydrogen-bond donors (Lipinski definition) is 1. The lowest BCUT2D eigenvalue weighted by atomic mass is 10.1. The van der Waals surface area contributed by atoms with Crippen molar-refractivity contribution in [3.05, 3.63) is 29.3 Å². The Morgan fingerprint density at radius 3 is 2.88 bits per heavy atom. The van der Waals surface area contributed by atoms with Crippen molar-refractivity contribution >= 4 is 5.84 Å². The smallest absolute Gasteiger partial charge is 0.387 e. The fourth-order valence-corrected chi connectivity index (χ4v) is 1.86. The van der Waals surface area contributed by atoms with Gasteiger partial charge in [0.15, 0.2) is 0 Å². The molecule has 0 radical (unpaired) electrons. The molecule has 0 amide bonds. The number of amidine groups is 1. The van der Waals surface area contributed by atoms with E-state index in [9.17, 15) is 8.78 Å². The monoisotopic (exact) mass is 240 g/mol. The first-order chi connectivity index (χ1) is 8.13. The summed E-state index contributed by atoms with van der Waals surface area (Å²) in [4.78, 5) is 4.27. The van der Waals surface area contributed by atoms with Gasteiger partial charge < -0.3 is 10.1 Å². The first-order valence-electron chi connectivity index (χ1n) is 5.46. The summed E-state index contributed by atoms with van der Waals surface area (Å²) in [7, 11) is 0. The minimum Gasteiger partial charge on any atom is -0.435 e. The molecule has 0 fully saturated rings. The second kappa shape index (κ2) is 5.12. The topological polar surface area (TPSA) is 33.6 Å². The third-order valence-corrected chi connectivity index (χ3v) is 2.45. The second-order valence-corrected chi connectivity index (χ2v) is 3.96. The van der Waals surface area contributed by atoms with E-state index < -0.39 is 6.61 Å². The van der Waals surface area contributed by atoms with E-state index in [0.717, 1.165) is 30.1 Å². The zero-order valence-electron chi connectivity index (χ0n) is 9.54. The lowest BCUT2D eigenvalue weighted by Gasteiger charge is -2.09. The number of nitrogens with zero attached hydrogens (tertiary/aromatic N) is 1. The summed E-state index contributed by atoms with van der Waals surface area (Å²) >= 11 is 0. The average Bonchev–Trinajstić information content (AvgIpc) is 2.67. The van der Waals surface area contributed by atoms with Gasteiger partial charge in [-0.3, -0.25) is 4.99 Å². The highest BCUT2D eigenvalue weighted by Gasteiger charge is 2.09. The van der Waals surface area contributed by atoms with Gasteiger partial charge >= 0.3 is 6.61 Å². The minimum atomic E-state index is -2.79. The Morgan fingerprint density at radius 1 is 1.41 bits per heavy atom. The molecule has 1 aliphatic heterocycles. The lowest BCUT2D eigenvalue weighted by Crippen LogP contribution is -2.20. The van der Waals surface area contributed by atoms with Crippen molar-refractivity contribution in [2.75, 3.05) is 13.1 Å². The molecular weight excluding hydrogens is 226 g/mol. The molecule has 2 rings (SSSR count). The molecule has 1 aromatic rings. The highest BCUT2D eigenvalue weighted by Crippen LogP contribution is 2.19. The molecule has 1 heterocycles. The Balaban J connectivity index is 2.13. The van der Waals surface area contributed by atoms with Crippen LogP contribution in [0.4, 0.5) is 8.78 Å². The van der Waals surface area contributed by atoms with Crippen LogP contribution in [0.3, 0.4) is 0 Å². The van der Waals surface area contributed by atoms with Crippen molar-refractivity contribution < 1.29 is 13.5 Å². The largest absolute Gasteiger partial charge is 0.435 e. The number of ether oxygens (including phenoxy) is 1. The van der Waals surface area contributed by atoms with E-state index in [0.29, 0.717) is 6.42 Å². The van der Waals surface area contributed by atoms with Crippen molar-refractivity contribution in [3.63, 3.8) is 0 Å². The molecule has 92 valence electrons. The van der Waals surface area contributed by atoms with Gasteiger partial charge in [-0.15, -0.1) is 0 Å². The van der Waals surface area contributed by atoms with E-state index in [2.05, 4.69) is 15.0 Å².